The second-order valence-corrected chi connectivity index (χ2v) is 11.4. The minimum atomic E-state index is -0.439. The average molecular weight is 607 g/mol. The summed E-state index contributed by atoms with van der Waals surface area (Å²) in [6.07, 6.45) is 1.89. The fourth-order valence-corrected chi connectivity index (χ4v) is 6.08. The van der Waals surface area contributed by atoms with Crippen LogP contribution in [-0.2, 0) is 4.79 Å². The van der Waals surface area contributed by atoms with Crippen LogP contribution in [0.4, 0.5) is 0 Å². The van der Waals surface area contributed by atoms with E-state index in [9.17, 15) is 9.59 Å². The van der Waals surface area contributed by atoms with Crippen LogP contribution in [0.15, 0.2) is 102 Å². The third kappa shape index (κ3) is 7.99. The molecule has 0 aromatic heterocycles. The van der Waals surface area contributed by atoms with Crippen molar-refractivity contribution in [2.45, 2.75) is 37.3 Å². The highest BCUT2D eigenvalue weighted by atomic mass is 16.5. The van der Waals surface area contributed by atoms with E-state index in [-0.39, 0.29) is 29.7 Å². The van der Waals surface area contributed by atoms with Gasteiger partial charge in [-0.2, -0.15) is 0 Å². The topological polar surface area (TPSA) is 135 Å². The van der Waals surface area contributed by atoms with E-state index in [1.165, 1.54) is 0 Å². The van der Waals surface area contributed by atoms with E-state index in [1.807, 2.05) is 71.6 Å². The largest absolute Gasteiger partial charge is 0.495 e. The standard InChI is InChI=1S/C36H42N6O3/c1-45-33-29-16-9-8-15-27(29)18-19-30(33)34(43)40-23-28-20-22-42(35(44)32(41-28)17-10-21-39-36(37)38)24-31(25-11-4-2-5-12-25)26-13-6-3-7-14-26/h2-9,11-16,18-19,28,31-32,41H,10,17,20-24H2,1H3,(H,40,43)(H4,37,38,39). The monoisotopic (exact) mass is 606 g/mol. The van der Waals surface area contributed by atoms with Gasteiger partial charge in [0.2, 0.25) is 5.91 Å². The highest BCUT2D eigenvalue weighted by Crippen LogP contribution is 2.30. The molecule has 4 aromatic rings. The van der Waals surface area contributed by atoms with E-state index in [0.29, 0.717) is 56.8 Å². The molecule has 1 saturated heterocycles. The van der Waals surface area contributed by atoms with Gasteiger partial charge in [-0.1, -0.05) is 91.0 Å². The number of hydrogen-bond acceptors (Lipinski definition) is 5. The van der Waals surface area contributed by atoms with Gasteiger partial charge in [0.1, 0.15) is 5.75 Å². The Kier molecular flexibility index (Phi) is 10.7. The first-order chi connectivity index (χ1) is 21.9. The molecule has 1 aliphatic heterocycles. The van der Waals surface area contributed by atoms with E-state index in [1.54, 1.807) is 13.2 Å². The van der Waals surface area contributed by atoms with Crippen LogP contribution in [-0.4, -0.2) is 68.0 Å². The van der Waals surface area contributed by atoms with Crippen LogP contribution in [0.1, 0.15) is 46.7 Å². The Balaban J connectivity index is 1.33. The highest BCUT2D eigenvalue weighted by Gasteiger charge is 2.32. The van der Waals surface area contributed by atoms with E-state index in [0.717, 1.165) is 21.9 Å². The average Bonchev–Trinajstić information content (AvgIpc) is 3.22. The molecular weight excluding hydrogens is 564 g/mol. The molecule has 6 N–H and O–H groups in total. The van der Waals surface area contributed by atoms with Crippen molar-refractivity contribution in [2.24, 2.45) is 16.5 Å². The minimum Gasteiger partial charge on any atom is -0.495 e. The fraction of sp³-hybridized carbons (Fsp3) is 0.306. The first-order valence-electron chi connectivity index (χ1n) is 15.5. The number of amides is 2. The summed E-state index contributed by atoms with van der Waals surface area (Å²) in [5.74, 6) is 0.433. The first kappa shape index (κ1) is 31.5. The number of nitrogens with zero attached hydrogens (tertiary/aromatic N) is 2. The molecular formula is C36H42N6O3. The lowest BCUT2D eigenvalue weighted by Gasteiger charge is -2.29. The summed E-state index contributed by atoms with van der Waals surface area (Å²) >= 11 is 0. The Labute approximate surface area is 264 Å². The number of benzene rings is 4. The molecule has 5 rings (SSSR count). The molecule has 0 bridgehead atoms. The zero-order valence-electron chi connectivity index (χ0n) is 25.7. The molecule has 4 aromatic carbocycles. The molecule has 0 aliphatic carbocycles. The number of fused-ring (bicyclic) bond motifs is 1. The zero-order valence-corrected chi connectivity index (χ0v) is 25.7. The molecule has 1 fully saturated rings. The van der Waals surface area contributed by atoms with E-state index in [2.05, 4.69) is 39.9 Å². The Morgan fingerprint density at radius 1 is 0.978 bits per heavy atom. The number of ether oxygens (including phenoxy) is 1. The number of carbonyl (C=O) groups is 2. The van der Waals surface area contributed by atoms with Crippen molar-refractivity contribution in [3.63, 3.8) is 0 Å². The summed E-state index contributed by atoms with van der Waals surface area (Å²) in [7, 11) is 1.58. The van der Waals surface area contributed by atoms with Gasteiger partial charge < -0.3 is 31.7 Å². The summed E-state index contributed by atoms with van der Waals surface area (Å²) in [6.45, 7) is 1.91. The van der Waals surface area contributed by atoms with Gasteiger partial charge in [0.25, 0.3) is 5.91 Å². The molecule has 2 atom stereocenters. The molecule has 2 unspecified atom stereocenters. The molecule has 0 spiro atoms. The van der Waals surface area contributed by atoms with Crippen molar-refractivity contribution in [1.82, 2.24) is 15.5 Å². The maximum absolute atomic E-state index is 14.1. The summed E-state index contributed by atoms with van der Waals surface area (Å²) < 4.78 is 5.66. The van der Waals surface area contributed by atoms with Gasteiger partial charge in [0.05, 0.1) is 18.7 Å². The number of nitrogens with two attached hydrogens (primary N) is 2. The van der Waals surface area contributed by atoms with Gasteiger partial charge in [0.15, 0.2) is 5.96 Å². The quantitative estimate of drug-likeness (QED) is 0.109. The van der Waals surface area contributed by atoms with Crippen molar-refractivity contribution in [3.8, 4) is 5.75 Å². The van der Waals surface area contributed by atoms with Crippen molar-refractivity contribution >= 4 is 28.5 Å². The van der Waals surface area contributed by atoms with Gasteiger partial charge in [-0.3, -0.25) is 14.6 Å². The van der Waals surface area contributed by atoms with Crippen LogP contribution in [0, 0.1) is 0 Å². The molecule has 2 amide bonds. The minimum absolute atomic E-state index is 0.0234. The molecule has 9 nitrogen and oxygen atoms in total. The smallest absolute Gasteiger partial charge is 0.255 e. The van der Waals surface area contributed by atoms with Gasteiger partial charge in [0, 0.05) is 43.5 Å². The Morgan fingerprint density at radius 3 is 2.31 bits per heavy atom. The lowest BCUT2D eigenvalue weighted by Crippen LogP contribution is -2.49. The van der Waals surface area contributed by atoms with Crippen molar-refractivity contribution in [1.29, 1.82) is 0 Å². The Morgan fingerprint density at radius 2 is 1.64 bits per heavy atom. The lowest BCUT2D eigenvalue weighted by molar-refractivity contribution is -0.133. The summed E-state index contributed by atoms with van der Waals surface area (Å²) in [4.78, 5) is 33.5. The third-order valence-corrected chi connectivity index (χ3v) is 8.38. The number of carbonyl (C=O) groups excluding carboxylic acids is 2. The summed E-state index contributed by atoms with van der Waals surface area (Å²) in [5, 5.41) is 8.53. The van der Waals surface area contributed by atoms with Gasteiger partial charge in [-0.15, -0.1) is 0 Å². The van der Waals surface area contributed by atoms with Crippen molar-refractivity contribution in [3.05, 3.63) is 114 Å². The number of aliphatic imine (C=N–C) groups is 1. The second kappa shape index (κ2) is 15.2. The number of nitrogens with one attached hydrogen (secondary N) is 2. The van der Waals surface area contributed by atoms with Crippen LogP contribution >= 0.6 is 0 Å². The molecule has 0 radical (unpaired) electrons. The summed E-state index contributed by atoms with van der Waals surface area (Å²) in [6, 6.07) is 31.6. The predicted octanol–water partition coefficient (Wildman–Crippen LogP) is 4.02. The molecule has 9 heteroatoms. The molecule has 0 saturated carbocycles. The van der Waals surface area contributed by atoms with Gasteiger partial charge in [-0.05, 0) is 41.8 Å². The molecule has 1 heterocycles. The Hall–Kier alpha value is -4.89. The normalized spacial score (nSPS) is 16.8. The predicted molar refractivity (Wildman–Crippen MR) is 179 cm³/mol. The van der Waals surface area contributed by atoms with Crippen molar-refractivity contribution in [2.75, 3.05) is 33.3 Å². The van der Waals surface area contributed by atoms with E-state index < -0.39 is 6.04 Å². The highest BCUT2D eigenvalue weighted by molar-refractivity contribution is 6.03. The number of hydrogen-bond donors (Lipinski definition) is 4. The molecule has 1 aliphatic rings. The van der Waals surface area contributed by atoms with Gasteiger partial charge in [-0.25, -0.2) is 0 Å². The molecule has 45 heavy (non-hydrogen) atoms. The second-order valence-electron chi connectivity index (χ2n) is 11.4. The maximum Gasteiger partial charge on any atom is 0.255 e. The van der Waals surface area contributed by atoms with Crippen molar-refractivity contribution < 1.29 is 14.3 Å². The van der Waals surface area contributed by atoms with Crippen LogP contribution in [0.3, 0.4) is 0 Å². The Bertz CT molecular complexity index is 1570. The van der Waals surface area contributed by atoms with E-state index in [4.69, 9.17) is 16.2 Å². The summed E-state index contributed by atoms with van der Waals surface area (Å²) in [5.41, 5.74) is 13.9. The zero-order chi connectivity index (χ0) is 31.6. The number of rotatable bonds is 12. The third-order valence-electron chi connectivity index (χ3n) is 8.38. The van der Waals surface area contributed by atoms with Crippen LogP contribution in [0.2, 0.25) is 0 Å². The lowest BCUT2D eigenvalue weighted by atomic mass is 9.90. The molecule has 234 valence electrons. The van der Waals surface area contributed by atoms with Crippen LogP contribution in [0.5, 0.6) is 5.75 Å². The number of guanidine groups is 1. The maximum atomic E-state index is 14.1. The first-order valence-corrected chi connectivity index (χ1v) is 15.5. The SMILES string of the molecule is COc1c(C(=O)NCC2CCN(CC(c3ccccc3)c3ccccc3)C(=O)C(CCCN=C(N)N)N2)ccc2ccccc12. The fourth-order valence-electron chi connectivity index (χ4n) is 6.08. The van der Waals surface area contributed by atoms with Crippen LogP contribution in [0.25, 0.3) is 10.8 Å². The number of methoxy groups -OCH3 is 1. The van der Waals surface area contributed by atoms with Crippen LogP contribution < -0.4 is 26.8 Å². The van der Waals surface area contributed by atoms with E-state index >= 15 is 0 Å². The van der Waals surface area contributed by atoms with Gasteiger partial charge >= 0.3 is 0 Å².